The van der Waals surface area contributed by atoms with Crippen LogP contribution in [0.15, 0.2) is 12.3 Å². The van der Waals surface area contributed by atoms with Gasteiger partial charge in [-0.25, -0.2) is 14.8 Å². The number of hydrogen-bond acceptors (Lipinski definition) is 7. The number of hydrogen-bond donors (Lipinski definition) is 0. The van der Waals surface area contributed by atoms with Crippen LogP contribution in [-0.2, 0) is 4.74 Å². The van der Waals surface area contributed by atoms with Gasteiger partial charge >= 0.3 is 5.97 Å². The SMILES string of the molecule is CCOC(=O)c1cnc2c(c(C)nc3cc(C)nn32)c1N1CCN(C)CC1. The van der Waals surface area contributed by atoms with Crippen LogP contribution in [-0.4, -0.2) is 70.3 Å². The molecule has 1 saturated heterocycles. The summed E-state index contributed by atoms with van der Waals surface area (Å²) in [5, 5.41) is 5.40. The summed E-state index contributed by atoms with van der Waals surface area (Å²) in [5.74, 6) is -0.350. The van der Waals surface area contributed by atoms with E-state index in [2.05, 4.69) is 26.9 Å². The van der Waals surface area contributed by atoms with Crippen LogP contribution in [0.3, 0.4) is 0 Å². The molecule has 0 saturated carbocycles. The average molecular weight is 368 g/mol. The van der Waals surface area contributed by atoms with Crippen molar-refractivity contribution in [2.75, 3.05) is 44.7 Å². The van der Waals surface area contributed by atoms with Gasteiger partial charge in [-0.1, -0.05) is 0 Å². The number of piperazine rings is 1. The molecule has 0 bridgehead atoms. The van der Waals surface area contributed by atoms with Crippen LogP contribution >= 0.6 is 0 Å². The molecule has 0 spiro atoms. The molecule has 27 heavy (non-hydrogen) atoms. The monoisotopic (exact) mass is 368 g/mol. The highest BCUT2D eigenvalue weighted by Gasteiger charge is 2.26. The maximum Gasteiger partial charge on any atom is 0.341 e. The summed E-state index contributed by atoms with van der Waals surface area (Å²) in [6, 6.07) is 1.93. The first kappa shape index (κ1) is 17.7. The van der Waals surface area contributed by atoms with Crippen LogP contribution in [0.4, 0.5) is 5.69 Å². The molecule has 0 aromatic carbocycles. The van der Waals surface area contributed by atoms with E-state index < -0.39 is 0 Å². The molecule has 8 heteroatoms. The average Bonchev–Trinajstić information content (AvgIpc) is 3.02. The Hall–Kier alpha value is -2.74. The number of rotatable bonds is 3. The molecule has 0 unspecified atom stereocenters. The fourth-order valence-electron chi connectivity index (χ4n) is 3.65. The van der Waals surface area contributed by atoms with Gasteiger partial charge in [0.05, 0.1) is 29.1 Å². The van der Waals surface area contributed by atoms with E-state index in [4.69, 9.17) is 9.72 Å². The van der Waals surface area contributed by atoms with Crippen LogP contribution in [0.5, 0.6) is 0 Å². The summed E-state index contributed by atoms with van der Waals surface area (Å²) in [5.41, 5.74) is 4.54. The number of carbonyl (C=O) groups excluding carboxylic acids is 1. The molecule has 142 valence electrons. The molecule has 4 heterocycles. The van der Waals surface area contributed by atoms with Crippen LogP contribution < -0.4 is 4.90 Å². The number of ether oxygens (including phenoxy) is 1. The molecule has 0 atom stereocenters. The van der Waals surface area contributed by atoms with Crippen molar-refractivity contribution in [3.8, 4) is 0 Å². The third-order valence-corrected chi connectivity index (χ3v) is 5.00. The largest absolute Gasteiger partial charge is 0.462 e. The van der Waals surface area contributed by atoms with E-state index in [0.717, 1.165) is 54.3 Å². The van der Waals surface area contributed by atoms with Gasteiger partial charge in [-0.3, -0.25) is 0 Å². The molecule has 1 fully saturated rings. The maximum absolute atomic E-state index is 12.7. The molecular weight excluding hydrogens is 344 g/mol. The molecule has 0 aliphatic carbocycles. The van der Waals surface area contributed by atoms with E-state index >= 15 is 0 Å². The second-order valence-corrected chi connectivity index (χ2v) is 6.98. The molecule has 4 rings (SSSR count). The Morgan fingerprint density at radius 1 is 1.22 bits per heavy atom. The third kappa shape index (κ3) is 2.99. The third-order valence-electron chi connectivity index (χ3n) is 5.00. The van der Waals surface area contributed by atoms with Crippen molar-refractivity contribution in [1.82, 2.24) is 24.5 Å². The lowest BCUT2D eigenvalue weighted by Crippen LogP contribution is -2.45. The normalized spacial score (nSPS) is 15.6. The lowest BCUT2D eigenvalue weighted by molar-refractivity contribution is 0.0526. The summed E-state index contributed by atoms with van der Waals surface area (Å²) < 4.78 is 7.06. The second-order valence-electron chi connectivity index (χ2n) is 6.98. The second kappa shape index (κ2) is 6.77. The molecule has 0 N–H and O–H groups in total. The summed E-state index contributed by atoms with van der Waals surface area (Å²) in [7, 11) is 2.11. The minimum Gasteiger partial charge on any atom is -0.462 e. The number of pyridine rings is 1. The molecule has 3 aromatic heterocycles. The first-order valence-corrected chi connectivity index (χ1v) is 9.26. The van der Waals surface area contributed by atoms with E-state index in [1.165, 1.54) is 0 Å². The first-order valence-electron chi connectivity index (χ1n) is 9.26. The number of nitrogens with zero attached hydrogens (tertiary/aromatic N) is 6. The highest BCUT2D eigenvalue weighted by atomic mass is 16.5. The lowest BCUT2D eigenvalue weighted by Gasteiger charge is -2.35. The predicted molar refractivity (Wildman–Crippen MR) is 103 cm³/mol. The molecule has 0 amide bonds. The fourth-order valence-corrected chi connectivity index (χ4v) is 3.65. The summed E-state index contributed by atoms with van der Waals surface area (Å²) in [4.78, 5) is 26.5. The standard InChI is InChI=1S/C19H24N6O2/c1-5-27-19(26)14-11-20-18-16(17(14)24-8-6-23(4)7-9-24)13(3)21-15-10-12(2)22-25(15)18/h10-11H,5-9H2,1-4H3. The van der Waals surface area contributed by atoms with Gasteiger partial charge in [-0.05, 0) is 27.8 Å². The number of anilines is 1. The fraction of sp³-hybridized carbons (Fsp3) is 0.474. The van der Waals surface area contributed by atoms with Crippen molar-refractivity contribution in [3.05, 3.63) is 29.2 Å². The minimum atomic E-state index is -0.350. The van der Waals surface area contributed by atoms with Crippen LogP contribution in [0.1, 0.15) is 28.7 Å². The maximum atomic E-state index is 12.7. The van der Waals surface area contributed by atoms with Gasteiger partial charge < -0.3 is 14.5 Å². The van der Waals surface area contributed by atoms with Gasteiger partial charge in [0.15, 0.2) is 11.3 Å². The number of carbonyl (C=O) groups is 1. The molecule has 3 aromatic rings. The highest BCUT2D eigenvalue weighted by Crippen LogP contribution is 2.33. The summed E-state index contributed by atoms with van der Waals surface area (Å²) in [6.07, 6.45) is 1.61. The zero-order chi connectivity index (χ0) is 19.1. The number of aryl methyl sites for hydroxylation is 2. The first-order chi connectivity index (χ1) is 13.0. The van der Waals surface area contributed by atoms with E-state index in [0.29, 0.717) is 17.8 Å². The van der Waals surface area contributed by atoms with Crippen molar-refractivity contribution in [1.29, 1.82) is 0 Å². The molecule has 8 nitrogen and oxygen atoms in total. The van der Waals surface area contributed by atoms with Gasteiger partial charge in [0.25, 0.3) is 0 Å². The van der Waals surface area contributed by atoms with Gasteiger partial charge in [-0.2, -0.15) is 9.61 Å². The van der Waals surface area contributed by atoms with E-state index in [1.807, 2.05) is 26.8 Å². The van der Waals surface area contributed by atoms with E-state index in [1.54, 1.807) is 10.7 Å². The van der Waals surface area contributed by atoms with Gasteiger partial charge in [0.1, 0.15) is 5.56 Å². The van der Waals surface area contributed by atoms with Gasteiger partial charge in [0.2, 0.25) is 0 Å². The van der Waals surface area contributed by atoms with Crippen molar-refractivity contribution in [2.24, 2.45) is 0 Å². The Morgan fingerprint density at radius 3 is 2.67 bits per heavy atom. The number of fused-ring (bicyclic) bond motifs is 3. The van der Waals surface area contributed by atoms with Gasteiger partial charge in [-0.15, -0.1) is 0 Å². The number of likely N-dealkylation sites (N-methyl/N-ethyl adjacent to an activating group) is 1. The Kier molecular flexibility index (Phi) is 4.43. The zero-order valence-electron chi connectivity index (χ0n) is 16.2. The number of esters is 1. The molecule has 1 aliphatic rings. The van der Waals surface area contributed by atoms with E-state index in [-0.39, 0.29) is 5.97 Å². The van der Waals surface area contributed by atoms with Crippen molar-refractivity contribution in [2.45, 2.75) is 20.8 Å². The van der Waals surface area contributed by atoms with Crippen LogP contribution in [0, 0.1) is 13.8 Å². The van der Waals surface area contributed by atoms with Crippen LogP contribution in [0.2, 0.25) is 0 Å². The zero-order valence-corrected chi connectivity index (χ0v) is 16.2. The van der Waals surface area contributed by atoms with Crippen LogP contribution in [0.25, 0.3) is 16.7 Å². The van der Waals surface area contributed by atoms with E-state index in [9.17, 15) is 4.79 Å². The predicted octanol–water partition coefficient (Wildman–Crippen LogP) is 1.82. The van der Waals surface area contributed by atoms with Gasteiger partial charge in [0, 0.05) is 38.4 Å². The minimum absolute atomic E-state index is 0.327. The highest BCUT2D eigenvalue weighted by molar-refractivity contribution is 6.05. The Balaban J connectivity index is 2.00. The lowest BCUT2D eigenvalue weighted by atomic mass is 10.1. The van der Waals surface area contributed by atoms with Crippen molar-refractivity contribution >= 4 is 28.3 Å². The number of aromatic nitrogens is 4. The van der Waals surface area contributed by atoms with Crippen molar-refractivity contribution < 1.29 is 9.53 Å². The Morgan fingerprint density at radius 2 is 1.96 bits per heavy atom. The summed E-state index contributed by atoms with van der Waals surface area (Å²) >= 11 is 0. The smallest absolute Gasteiger partial charge is 0.341 e. The quantitative estimate of drug-likeness (QED) is 0.653. The summed E-state index contributed by atoms with van der Waals surface area (Å²) in [6.45, 7) is 9.56. The Labute approximate surface area is 157 Å². The Bertz CT molecular complexity index is 1020. The molecule has 0 radical (unpaired) electrons. The van der Waals surface area contributed by atoms with Crippen molar-refractivity contribution in [3.63, 3.8) is 0 Å². The molecule has 1 aliphatic heterocycles. The topological polar surface area (TPSA) is 75.9 Å². The molecular formula is C19H24N6O2.